The van der Waals surface area contributed by atoms with Gasteiger partial charge in [-0.1, -0.05) is 0 Å². The third-order valence-electron chi connectivity index (χ3n) is 2.76. The number of aliphatic hydroxyl groups excluding tert-OH is 1. The van der Waals surface area contributed by atoms with Gasteiger partial charge in [0.15, 0.2) is 0 Å². The van der Waals surface area contributed by atoms with Crippen LogP contribution in [-0.4, -0.2) is 50.2 Å². The monoisotopic (exact) mass is 231 g/mol. The summed E-state index contributed by atoms with van der Waals surface area (Å²) in [4.78, 5) is 0. The van der Waals surface area contributed by atoms with Gasteiger partial charge in [0.2, 0.25) is 0 Å². The molecule has 1 fully saturated rings. The van der Waals surface area contributed by atoms with E-state index in [0.29, 0.717) is 19.1 Å². The average molecular weight is 231 g/mol. The van der Waals surface area contributed by atoms with E-state index in [1.807, 2.05) is 13.8 Å². The lowest BCUT2D eigenvalue weighted by molar-refractivity contribution is 0.00637. The zero-order valence-corrected chi connectivity index (χ0v) is 10.4. The van der Waals surface area contributed by atoms with E-state index in [-0.39, 0.29) is 6.10 Å². The van der Waals surface area contributed by atoms with E-state index in [9.17, 15) is 5.11 Å². The van der Waals surface area contributed by atoms with Crippen molar-refractivity contribution in [2.45, 2.75) is 38.9 Å². The van der Waals surface area contributed by atoms with Gasteiger partial charge >= 0.3 is 0 Å². The maximum atomic E-state index is 9.58. The molecule has 0 spiro atoms. The van der Waals surface area contributed by atoms with E-state index >= 15 is 0 Å². The van der Waals surface area contributed by atoms with Crippen LogP contribution in [0.2, 0.25) is 0 Å². The molecule has 2 unspecified atom stereocenters. The predicted octanol–water partition coefficient (Wildman–Crippen LogP) is 0.788. The summed E-state index contributed by atoms with van der Waals surface area (Å²) < 4.78 is 10.6. The van der Waals surface area contributed by atoms with Crippen LogP contribution in [0.15, 0.2) is 0 Å². The fraction of sp³-hybridized carbons (Fsp3) is 1.00. The first kappa shape index (κ1) is 13.9. The first-order valence-corrected chi connectivity index (χ1v) is 6.26. The second-order valence-electron chi connectivity index (χ2n) is 4.76. The molecule has 96 valence electrons. The van der Waals surface area contributed by atoms with Crippen LogP contribution in [0.1, 0.15) is 26.7 Å². The minimum atomic E-state index is -0.401. The quantitative estimate of drug-likeness (QED) is 0.606. The van der Waals surface area contributed by atoms with Crippen molar-refractivity contribution in [1.29, 1.82) is 0 Å². The van der Waals surface area contributed by atoms with Gasteiger partial charge in [-0.25, -0.2) is 0 Å². The van der Waals surface area contributed by atoms with E-state index in [2.05, 4.69) is 5.32 Å². The van der Waals surface area contributed by atoms with Gasteiger partial charge in [0, 0.05) is 19.8 Å². The molecule has 0 radical (unpaired) electrons. The Kier molecular flexibility index (Phi) is 6.96. The normalized spacial score (nSPS) is 22.9. The highest BCUT2D eigenvalue weighted by atomic mass is 16.5. The molecular weight excluding hydrogens is 206 g/mol. The summed E-state index contributed by atoms with van der Waals surface area (Å²) in [5.41, 5.74) is 0. The number of aliphatic hydroxyl groups is 1. The summed E-state index contributed by atoms with van der Waals surface area (Å²) in [6.07, 6.45) is 2.10. The third-order valence-corrected chi connectivity index (χ3v) is 2.76. The Bertz CT molecular complexity index is 170. The van der Waals surface area contributed by atoms with Gasteiger partial charge in [0.05, 0.1) is 18.8 Å². The van der Waals surface area contributed by atoms with Crippen LogP contribution in [0.5, 0.6) is 0 Å². The van der Waals surface area contributed by atoms with E-state index in [0.717, 1.165) is 26.2 Å². The molecular formula is C12H25NO3. The molecule has 0 aromatic heterocycles. The molecule has 0 aliphatic carbocycles. The average Bonchev–Trinajstić information content (AvgIpc) is 2.74. The highest BCUT2D eigenvalue weighted by molar-refractivity contribution is 4.66. The van der Waals surface area contributed by atoms with E-state index < -0.39 is 6.10 Å². The Morgan fingerprint density at radius 2 is 2.31 bits per heavy atom. The summed E-state index contributed by atoms with van der Waals surface area (Å²) in [7, 11) is 0. The molecule has 0 amide bonds. The van der Waals surface area contributed by atoms with Crippen molar-refractivity contribution in [3.8, 4) is 0 Å². The molecule has 0 aromatic carbocycles. The molecule has 1 rings (SSSR count). The van der Waals surface area contributed by atoms with Crippen LogP contribution in [0.4, 0.5) is 0 Å². The third kappa shape index (κ3) is 6.43. The summed E-state index contributed by atoms with van der Waals surface area (Å²) in [5.74, 6) is 0.705. The second kappa shape index (κ2) is 8.01. The van der Waals surface area contributed by atoms with Crippen LogP contribution < -0.4 is 5.32 Å². The van der Waals surface area contributed by atoms with Gasteiger partial charge in [-0.3, -0.25) is 0 Å². The van der Waals surface area contributed by atoms with Crippen molar-refractivity contribution in [1.82, 2.24) is 5.32 Å². The summed E-state index contributed by atoms with van der Waals surface area (Å²) >= 11 is 0. The lowest BCUT2D eigenvalue weighted by Gasteiger charge is -2.15. The molecule has 0 saturated carbocycles. The number of ether oxygens (including phenoxy) is 2. The number of hydrogen-bond acceptors (Lipinski definition) is 4. The fourth-order valence-corrected chi connectivity index (χ4v) is 1.75. The van der Waals surface area contributed by atoms with E-state index in [4.69, 9.17) is 9.47 Å². The molecule has 1 aliphatic rings. The van der Waals surface area contributed by atoms with Crippen molar-refractivity contribution >= 4 is 0 Å². The minimum absolute atomic E-state index is 0.185. The molecule has 1 saturated heterocycles. The van der Waals surface area contributed by atoms with Crippen LogP contribution in [-0.2, 0) is 9.47 Å². The van der Waals surface area contributed by atoms with Crippen LogP contribution in [0, 0.1) is 5.92 Å². The summed E-state index contributed by atoms with van der Waals surface area (Å²) in [6, 6.07) is 0. The number of nitrogens with one attached hydrogen (secondary N) is 1. The molecule has 16 heavy (non-hydrogen) atoms. The van der Waals surface area contributed by atoms with Gasteiger partial charge < -0.3 is 19.9 Å². The van der Waals surface area contributed by atoms with E-state index in [1.165, 1.54) is 6.42 Å². The molecule has 1 aliphatic heterocycles. The largest absolute Gasteiger partial charge is 0.389 e. The van der Waals surface area contributed by atoms with Crippen molar-refractivity contribution < 1.29 is 14.6 Å². The highest BCUT2D eigenvalue weighted by Gasteiger charge is 2.14. The number of rotatable bonds is 8. The maximum Gasteiger partial charge on any atom is 0.0897 e. The second-order valence-corrected chi connectivity index (χ2v) is 4.76. The standard InChI is InChI=1S/C12H25NO3/c1-10(2)16-9-12(14)7-13-5-3-11-4-6-15-8-11/h10-14H,3-9H2,1-2H3. The molecule has 4 nitrogen and oxygen atoms in total. The lowest BCUT2D eigenvalue weighted by atomic mass is 10.1. The van der Waals surface area contributed by atoms with Gasteiger partial charge in [0.25, 0.3) is 0 Å². The molecule has 0 aromatic rings. The maximum absolute atomic E-state index is 9.58. The van der Waals surface area contributed by atoms with Crippen LogP contribution in [0.3, 0.4) is 0 Å². The topological polar surface area (TPSA) is 50.7 Å². The van der Waals surface area contributed by atoms with Gasteiger partial charge in [-0.2, -0.15) is 0 Å². The molecule has 1 heterocycles. The van der Waals surface area contributed by atoms with Crippen LogP contribution >= 0.6 is 0 Å². The first-order chi connectivity index (χ1) is 7.68. The Labute approximate surface area is 98.3 Å². The Balaban J connectivity index is 1.89. The van der Waals surface area contributed by atoms with Crippen molar-refractivity contribution in [2.75, 3.05) is 32.9 Å². The Morgan fingerprint density at radius 3 is 2.94 bits per heavy atom. The van der Waals surface area contributed by atoms with Crippen molar-refractivity contribution in [3.05, 3.63) is 0 Å². The molecule has 0 bridgehead atoms. The van der Waals surface area contributed by atoms with Gasteiger partial charge in [-0.05, 0) is 39.2 Å². The fourth-order valence-electron chi connectivity index (χ4n) is 1.75. The molecule has 2 atom stereocenters. The van der Waals surface area contributed by atoms with Gasteiger partial charge in [-0.15, -0.1) is 0 Å². The molecule has 2 N–H and O–H groups in total. The van der Waals surface area contributed by atoms with Crippen molar-refractivity contribution in [2.24, 2.45) is 5.92 Å². The Morgan fingerprint density at radius 1 is 1.50 bits per heavy atom. The zero-order chi connectivity index (χ0) is 11.8. The molecule has 4 heteroatoms. The number of hydrogen-bond donors (Lipinski definition) is 2. The zero-order valence-electron chi connectivity index (χ0n) is 10.4. The lowest BCUT2D eigenvalue weighted by Crippen LogP contribution is -2.32. The van der Waals surface area contributed by atoms with Crippen LogP contribution in [0.25, 0.3) is 0 Å². The van der Waals surface area contributed by atoms with E-state index in [1.54, 1.807) is 0 Å². The first-order valence-electron chi connectivity index (χ1n) is 6.26. The highest BCUT2D eigenvalue weighted by Crippen LogP contribution is 2.14. The minimum Gasteiger partial charge on any atom is -0.389 e. The predicted molar refractivity (Wildman–Crippen MR) is 63.5 cm³/mol. The van der Waals surface area contributed by atoms with Gasteiger partial charge in [0.1, 0.15) is 0 Å². The van der Waals surface area contributed by atoms with Crippen molar-refractivity contribution in [3.63, 3.8) is 0 Å². The smallest absolute Gasteiger partial charge is 0.0897 e. The Hall–Kier alpha value is -0.160. The summed E-state index contributed by atoms with van der Waals surface area (Å²) in [6.45, 7) is 7.74. The SMILES string of the molecule is CC(C)OCC(O)CNCCC1CCOC1. The summed E-state index contributed by atoms with van der Waals surface area (Å²) in [5, 5.41) is 12.8.